The number of Topliss-reactive ketones (excluding diaryl/α,β-unsaturated/α-hetero) is 1. The van der Waals surface area contributed by atoms with Gasteiger partial charge in [0, 0.05) is 13.0 Å². The summed E-state index contributed by atoms with van der Waals surface area (Å²) in [7, 11) is 2.07. The smallest absolute Gasteiger partial charge is 0.222 e. The van der Waals surface area contributed by atoms with Crippen LogP contribution in [-0.4, -0.2) is 74.5 Å². The number of amides is 1. The van der Waals surface area contributed by atoms with E-state index in [9.17, 15) is 9.59 Å². The molecule has 0 saturated carbocycles. The van der Waals surface area contributed by atoms with Crippen LogP contribution in [0.3, 0.4) is 0 Å². The van der Waals surface area contributed by atoms with E-state index in [1.807, 2.05) is 0 Å². The molecule has 0 aromatic rings. The Bertz CT molecular complexity index is 475. The molecule has 0 spiro atoms. The topological polar surface area (TPSA) is 99.5 Å². The summed E-state index contributed by atoms with van der Waals surface area (Å²) < 4.78 is 0. The van der Waals surface area contributed by atoms with E-state index in [4.69, 9.17) is 5.73 Å². The van der Waals surface area contributed by atoms with Gasteiger partial charge in [-0.3, -0.25) is 9.59 Å². The normalized spacial score (nSPS) is 14.4. The van der Waals surface area contributed by atoms with Crippen molar-refractivity contribution in [3.63, 3.8) is 0 Å². The van der Waals surface area contributed by atoms with Crippen LogP contribution in [0, 0.1) is 0 Å². The van der Waals surface area contributed by atoms with E-state index in [1.54, 1.807) is 0 Å². The van der Waals surface area contributed by atoms with Gasteiger partial charge in [0.15, 0.2) is 5.78 Å². The lowest BCUT2D eigenvalue weighted by molar-refractivity contribution is -0.131. The molecule has 0 bridgehead atoms. The number of nitrogens with zero attached hydrogens (tertiary/aromatic N) is 1. The van der Waals surface area contributed by atoms with Crippen molar-refractivity contribution in [2.24, 2.45) is 5.73 Å². The number of hydrogen-bond acceptors (Lipinski definition) is 6. The molecule has 1 amide bonds. The number of ketones is 1. The third-order valence-corrected chi connectivity index (χ3v) is 5.88. The molecule has 0 saturated heterocycles. The van der Waals surface area contributed by atoms with Crippen LogP contribution in [0.1, 0.15) is 85.5 Å². The Balaban J connectivity index is 4.91. The molecule has 0 aliphatic carbocycles. The SMILES string of the molecule is CCCCNC(CC)(CCC)C(=O)C(CC(=O)NCCCN(C)CCCN)NCCC. The molecule has 0 fully saturated rings. The minimum atomic E-state index is -0.554. The summed E-state index contributed by atoms with van der Waals surface area (Å²) in [5.41, 5.74) is 4.99. The van der Waals surface area contributed by atoms with Crippen molar-refractivity contribution < 1.29 is 9.59 Å². The Morgan fingerprint density at radius 1 is 0.935 bits per heavy atom. The fourth-order valence-electron chi connectivity index (χ4n) is 3.92. The first-order valence-corrected chi connectivity index (χ1v) is 12.6. The third kappa shape index (κ3) is 12.6. The number of nitrogens with two attached hydrogens (primary N) is 1. The van der Waals surface area contributed by atoms with Gasteiger partial charge in [-0.1, -0.05) is 40.5 Å². The molecule has 2 atom stereocenters. The second-order valence-electron chi connectivity index (χ2n) is 8.69. The Morgan fingerprint density at radius 2 is 1.65 bits per heavy atom. The van der Waals surface area contributed by atoms with E-state index < -0.39 is 11.6 Å². The zero-order valence-electron chi connectivity index (χ0n) is 21.0. The number of hydrogen-bond donors (Lipinski definition) is 4. The van der Waals surface area contributed by atoms with Gasteiger partial charge in [-0.05, 0) is 78.3 Å². The average molecular weight is 442 g/mol. The molecular weight excluding hydrogens is 390 g/mol. The maximum Gasteiger partial charge on any atom is 0.222 e. The van der Waals surface area contributed by atoms with Crippen molar-refractivity contribution in [3.05, 3.63) is 0 Å². The number of carbonyl (C=O) groups excluding carboxylic acids is 2. The Morgan fingerprint density at radius 3 is 2.23 bits per heavy atom. The van der Waals surface area contributed by atoms with Crippen molar-refractivity contribution in [3.8, 4) is 0 Å². The first kappa shape index (κ1) is 30.0. The number of nitrogens with one attached hydrogen (secondary N) is 3. The predicted molar refractivity (Wildman–Crippen MR) is 131 cm³/mol. The van der Waals surface area contributed by atoms with Gasteiger partial charge in [0.25, 0.3) is 0 Å². The molecule has 0 heterocycles. The molecule has 7 heteroatoms. The molecule has 0 radical (unpaired) electrons. The standard InChI is InChI=1S/C24H51N5O2/c1-6-10-17-28-24(9-4,13-7-2)23(31)21(26-15-8-3)20-22(30)27-16-12-19-29(5)18-11-14-25/h21,26,28H,6-20,25H2,1-5H3,(H,27,30). The molecule has 0 aromatic carbocycles. The summed E-state index contributed by atoms with van der Waals surface area (Å²) in [6.45, 7) is 13.2. The van der Waals surface area contributed by atoms with E-state index in [2.05, 4.69) is 55.6 Å². The van der Waals surface area contributed by atoms with Gasteiger partial charge in [0.2, 0.25) is 5.91 Å². The first-order valence-electron chi connectivity index (χ1n) is 12.6. The molecule has 2 unspecified atom stereocenters. The number of rotatable bonds is 21. The molecule has 0 aliphatic heterocycles. The molecule has 0 aromatic heterocycles. The molecule has 5 N–H and O–H groups in total. The highest BCUT2D eigenvalue weighted by molar-refractivity contribution is 5.96. The van der Waals surface area contributed by atoms with Crippen LogP contribution in [0.2, 0.25) is 0 Å². The highest BCUT2D eigenvalue weighted by atomic mass is 16.2. The van der Waals surface area contributed by atoms with Gasteiger partial charge in [-0.15, -0.1) is 0 Å². The van der Waals surface area contributed by atoms with Gasteiger partial charge in [0.1, 0.15) is 0 Å². The van der Waals surface area contributed by atoms with Gasteiger partial charge in [-0.25, -0.2) is 0 Å². The second kappa shape index (κ2) is 18.5. The molecule has 31 heavy (non-hydrogen) atoms. The number of carbonyl (C=O) groups is 2. The lowest BCUT2D eigenvalue weighted by Gasteiger charge is -2.36. The number of unbranched alkanes of at least 4 members (excludes halogenated alkanes) is 1. The monoisotopic (exact) mass is 441 g/mol. The van der Waals surface area contributed by atoms with Crippen molar-refractivity contribution in [2.75, 3.05) is 46.3 Å². The summed E-state index contributed by atoms with van der Waals surface area (Å²) >= 11 is 0. The van der Waals surface area contributed by atoms with Crippen LogP contribution in [0.15, 0.2) is 0 Å². The van der Waals surface area contributed by atoms with Gasteiger partial charge in [0.05, 0.1) is 11.6 Å². The Kier molecular flexibility index (Phi) is 17.9. The lowest BCUT2D eigenvalue weighted by Crippen LogP contribution is -2.59. The summed E-state index contributed by atoms with van der Waals surface area (Å²) in [5, 5.41) is 9.92. The molecule has 7 nitrogen and oxygen atoms in total. The minimum Gasteiger partial charge on any atom is -0.356 e. The summed E-state index contributed by atoms with van der Waals surface area (Å²) in [5.74, 6) is 0.0831. The zero-order valence-corrected chi connectivity index (χ0v) is 21.0. The predicted octanol–water partition coefficient (Wildman–Crippen LogP) is 2.44. The average Bonchev–Trinajstić information content (AvgIpc) is 2.77. The quantitative estimate of drug-likeness (QED) is 0.204. The maximum absolute atomic E-state index is 13.6. The van der Waals surface area contributed by atoms with Gasteiger partial charge >= 0.3 is 0 Å². The van der Waals surface area contributed by atoms with Crippen LogP contribution in [-0.2, 0) is 9.59 Å². The first-order chi connectivity index (χ1) is 14.9. The van der Waals surface area contributed by atoms with Crippen LogP contribution >= 0.6 is 0 Å². The summed E-state index contributed by atoms with van der Waals surface area (Å²) in [6.07, 6.45) is 7.61. The molecule has 0 aliphatic rings. The van der Waals surface area contributed by atoms with E-state index in [-0.39, 0.29) is 18.1 Å². The van der Waals surface area contributed by atoms with Crippen molar-refractivity contribution in [2.45, 2.75) is 97.1 Å². The third-order valence-electron chi connectivity index (χ3n) is 5.88. The van der Waals surface area contributed by atoms with E-state index >= 15 is 0 Å². The van der Waals surface area contributed by atoms with Crippen LogP contribution in [0.25, 0.3) is 0 Å². The fraction of sp³-hybridized carbons (Fsp3) is 0.917. The minimum absolute atomic E-state index is 0.0541. The molecule has 184 valence electrons. The van der Waals surface area contributed by atoms with Crippen molar-refractivity contribution in [1.29, 1.82) is 0 Å². The summed E-state index contributed by atoms with van der Waals surface area (Å²) in [6, 6.07) is -0.451. The van der Waals surface area contributed by atoms with Crippen LogP contribution in [0.4, 0.5) is 0 Å². The van der Waals surface area contributed by atoms with Crippen LogP contribution in [0.5, 0.6) is 0 Å². The van der Waals surface area contributed by atoms with Crippen molar-refractivity contribution >= 4 is 11.7 Å². The van der Waals surface area contributed by atoms with Crippen LogP contribution < -0.4 is 21.7 Å². The Hall–Kier alpha value is -1.02. The fourth-order valence-corrected chi connectivity index (χ4v) is 3.92. The maximum atomic E-state index is 13.6. The van der Waals surface area contributed by atoms with E-state index in [0.717, 1.165) is 77.5 Å². The van der Waals surface area contributed by atoms with Crippen molar-refractivity contribution in [1.82, 2.24) is 20.9 Å². The zero-order chi connectivity index (χ0) is 23.5. The van der Waals surface area contributed by atoms with Gasteiger partial charge in [-0.2, -0.15) is 0 Å². The molecular formula is C24H51N5O2. The van der Waals surface area contributed by atoms with Gasteiger partial charge < -0.3 is 26.6 Å². The largest absolute Gasteiger partial charge is 0.356 e. The molecule has 0 rings (SSSR count). The van der Waals surface area contributed by atoms with E-state index in [1.165, 1.54) is 0 Å². The summed E-state index contributed by atoms with van der Waals surface area (Å²) in [4.78, 5) is 28.5. The van der Waals surface area contributed by atoms with E-state index in [0.29, 0.717) is 13.1 Å². The lowest BCUT2D eigenvalue weighted by atomic mass is 9.81. The second-order valence-corrected chi connectivity index (χ2v) is 8.69. The highest BCUT2D eigenvalue weighted by Crippen LogP contribution is 2.22. The highest BCUT2D eigenvalue weighted by Gasteiger charge is 2.39. The Labute approximate surface area is 191 Å².